The minimum absolute atomic E-state index is 0.000378. The van der Waals surface area contributed by atoms with Crippen molar-refractivity contribution in [2.75, 3.05) is 0 Å². The Labute approximate surface area is 111 Å². The summed E-state index contributed by atoms with van der Waals surface area (Å²) in [5.41, 5.74) is 3.04. The number of nitrogens with zero attached hydrogens (tertiary/aromatic N) is 2. The number of aromatic hydroxyl groups is 1. The summed E-state index contributed by atoms with van der Waals surface area (Å²) in [6, 6.07) is 4.99. The Hall–Kier alpha value is -2.30. The lowest BCUT2D eigenvalue weighted by Gasteiger charge is -2.07. The van der Waals surface area contributed by atoms with Crippen LogP contribution in [0.4, 0.5) is 0 Å². The summed E-state index contributed by atoms with van der Waals surface area (Å²) in [6.07, 6.45) is 1.87. The molecule has 2 rings (SSSR count). The highest BCUT2D eigenvalue weighted by Gasteiger charge is 2.11. The highest BCUT2D eigenvalue weighted by molar-refractivity contribution is 5.96. The second-order valence-corrected chi connectivity index (χ2v) is 4.62. The maximum Gasteiger partial charge on any atom is 0.255 e. The van der Waals surface area contributed by atoms with Crippen molar-refractivity contribution in [3.8, 4) is 5.75 Å². The van der Waals surface area contributed by atoms with Crippen LogP contribution in [0.15, 0.2) is 24.4 Å². The maximum absolute atomic E-state index is 12.0. The van der Waals surface area contributed by atoms with E-state index in [1.165, 1.54) is 0 Å². The van der Waals surface area contributed by atoms with E-state index in [-0.39, 0.29) is 17.2 Å². The summed E-state index contributed by atoms with van der Waals surface area (Å²) in [7, 11) is 1.84. The van der Waals surface area contributed by atoms with Gasteiger partial charge in [-0.2, -0.15) is 5.10 Å². The van der Waals surface area contributed by atoms with E-state index in [1.807, 2.05) is 27.1 Å². The maximum atomic E-state index is 12.0. The van der Waals surface area contributed by atoms with Crippen molar-refractivity contribution in [2.24, 2.45) is 7.05 Å². The molecule has 0 saturated carbocycles. The lowest BCUT2D eigenvalue weighted by atomic mass is 10.1. The van der Waals surface area contributed by atoms with Crippen molar-refractivity contribution < 1.29 is 9.90 Å². The number of aromatic nitrogens is 2. The van der Waals surface area contributed by atoms with E-state index in [2.05, 4.69) is 10.4 Å². The molecule has 19 heavy (non-hydrogen) atoms. The van der Waals surface area contributed by atoms with E-state index in [1.54, 1.807) is 22.9 Å². The molecule has 0 bridgehead atoms. The van der Waals surface area contributed by atoms with Crippen molar-refractivity contribution in [2.45, 2.75) is 20.4 Å². The summed E-state index contributed by atoms with van der Waals surface area (Å²) >= 11 is 0. The summed E-state index contributed by atoms with van der Waals surface area (Å²) in [5.74, 6) is -0.291. The van der Waals surface area contributed by atoms with Crippen LogP contribution in [0.3, 0.4) is 0 Å². The van der Waals surface area contributed by atoms with E-state index < -0.39 is 0 Å². The van der Waals surface area contributed by atoms with Gasteiger partial charge in [0.1, 0.15) is 5.75 Å². The molecule has 5 heteroatoms. The smallest absolute Gasteiger partial charge is 0.255 e. The van der Waals surface area contributed by atoms with Gasteiger partial charge in [0.25, 0.3) is 5.91 Å². The predicted molar refractivity (Wildman–Crippen MR) is 72.0 cm³/mol. The van der Waals surface area contributed by atoms with Crippen molar-refractivity contribution in [3.05, 3.63) is 46.8 Å². The lowest BCUT2D eigenvalue weighted by molar-refractivity contribution is 0.0948. The minimum atomic E-state index is -0.291. The summed E-state index contributed by atoms with van der Waals surface area (Å²) < 4.78 is 1.71. The Morgan fingerprint density at radius 2 is 2.16 bits per heavy atom. The number of carbonyl (C=O) groups is 1. The zero-order valence-corrected chi connectivity index (χ0v) is 11.3. The zero-order valence-electron chi connectivity index (χ0n) is 11.3. The SMILES string of the molecule is Cc1ccc(C(=O)NCc2cn(C)nc2C)c(O)c1. The van der Waals surface area contributed by atoms with Gasteiger partial charge in [0.05, 0.1) is 11.3 Å². The molecule has 0 atom stereocenters. The number of aryl methyl sites for hydroxylation is 3. The molecule has 0 radical (unpaired) electrons. The Balaban J connectivity index is 2.07. The molecule has 1 aromatic heterocycles. The monoisotopic (exact) mass is 259 g/mol. The van der Waals surface area contributed by atoms with Crippen molar-refractivity contribution >= 4 is 5.91 Å². The average molecular weight is 259 g/mol. The molecule has 0 unspecified atom stereocenters. The number of amides is 1. The van der Waals surface area contributed by atoms with Gasteiger partial charge in [-0.3, -0.25) is 9.48 Å². The highest BCUT2D eigenvalue weighted by Crippen LogP contribution is 2.18. The number of hydrogen-bond donors (Lipinski definition) is 2. The fourth-order valence-corrected chi connectivity index (χ4v) is 1.93. The van der Waals surface area contributed by atoms with Crippen LogP contribution in [-0.4, -0.2) is 20.8 Å². The minimum Gasteiger partial charge on any atom is -0.507 e. The second kappa shape index (κ2) is 5.14. The van der Waals surface area contributed by atoms with Crippen molar-refractivity contribution in [3.63, 3.8) is 0 Å². The average Bonchev–Trinajstić information content (AvgIpc) is 2.65. The third-order valence-electron chi connectivity index (χ3n) is 2.95. The van der Waals surface area contributed by atoms with Crippen molar-refractivity contribution in [1.82, 2.24) is 15.1 Å². The van der Waals surface area contributed by atoms with E-state index in [9.17, 15) is 9.90 Å². The fourth-order valence-electron chi connectivity index (χ4n) is 1.93. The third kappa shape index (κ3) is 2.93. The first-order valence-corrected chi connectivity index (χ1v) is 6.04. The summed E-state index contributed by atoms with van der Waals surface area (Å²) in [6.45, 7) is 4.15. The molecule has 1 amide bonds. The second-order valence-electron chi connectivity index (χ2n) is 4.62. The number of phenols is 1. The Morgan fingerprint density at radius 3 is 2.74 bits per heavy atom. The van der Waals surface area contributed by atoms with Crippen LogP contribution in [-0.2, 0) is 13.6 Å². The molecule has 0 spiro atoms. The van der Waals surface area contributed by atoms with Crippen LogP contribution in [0, 0.1) is 13.8 Å². The number of phenolic OH excluding ortho intramolecular Hbond substituents is 1. The number of hydrogen-bond acceptors (Lipinski definition) is 3. The third-order valence-corrected chi connectivity index (χ3v) is 2.95. The lowest BCUT2D eigenvalue weighted by Crippen LogP contribution is -2.23. The number of rotatable bonds is 3. The molecule has 0 aliphatic heterocycles. The molecule has 0 aliphatic rings. The van der Waals surface area contributed by atoms with Gasteiger partial charge in [0, 0.05) is 25.4 Å². The van der Waals surface area contributed by atoms with Gasteiger partial charge in [-0.1, -0.05) is 6.07 Å². The Kier molecular flexibility index (Phi) is 3.55. The van der Waals surface area contributed by atoms with Gasteiger partial charge < -0.3 is 10.4 Å². The van der Waals surface area contributed by atoms with Gasteiger partial charge >= 0.3 is 0 Å². The first kappa shape index (κ1) is 13.1. The molecule has 1 heterocycles. The molecular formula is C14H17N3O2. The number of benzene rings is 1. The molecule has 5 nitrogen and oxygen atoms in total. The van der Waals surface area contributed by atoms with Crippen LogP contribution in [0.5, 0.6) is 5.75 Å². The van der Waals surface area contributed by atoms with E-state index in [4.69, 9.17) is 0 Å². The molecular weight excluding hydrogens is 242 g/mol. The standard InChI is InChI=1S/C14H17N3O2/c1-9-4-5-12(13(18)6-9)14(19)15-7-11-8-17(3)16-10(11)2/h4-6,8,18H,7H2,1-3H3,(H,15,19). The number of nitrogens with one attached hydrogen (secondary N) is 1. The van der Waals surface area contributed by atoms with Crippen LogP contribution in [0.1, 0.15) is 27.2 Å². The van der Waals surface area contributed by atoms with E-state index in [0.717, 1.165) is 16.8 Å². The van der Waals surface area contributed by atoms with E-state index >= 15 is 0 Å². The Morgan fingerprint density at radius 1 is 1.42 bits per heavy atom. The molecule has 0 saturated heterocycles. The van der Waals surface area contributed by atoms with Gasteiger partial charge in [-0.25, -0.2) is 0 Å². The largest absolute Gasteiger partial charge is 0.507 e. The summed E-state index contributed by atoms with van der Waals surface area (Å²) in [4.78, 5) is 12.0. The quantitative estimate of drug-likeness (QED) is 0.881. The molecule has 100 valence electrons. The van der Waals surface area contributed by atoms with Crippen LogP contribution < -0.4 is 5.32 Å². The van der Waals surface area contributed by atoms with E-state index in [0.29, 0.717) is 6.54 Å². The van der Waals surface area contributed by atoms with Gasteiger partial charge in [0.15, 0.2) is 0 Å². The topological polar surface area (TPSA) is 67.2 Å². The molecule has 1 aromatic carbocycles. The highest BCUT2D eigenvalue weighted by atomic mass is 16.3. The van der Waals surface area contributed by atoms with Crippen LogP contribution in [0.25, 0.3) is 0 Å². The zero-order chi connectivity index (χ0) is 14.0. The molecule has 2 N–H and O–H groups in total. The fraction of sp³-hybridized carbons (Fsp3) is 0.286. The van der Waals surface area contributed by atoms with Gasteiger partial charge in [-0.15, -0.1) is 0 Å². The molecule has 0 aliphatic carbocycles. The molecule has 0 fully saturated rings. The first-order valence-electron chi connectivity index (χ1n) is 6.04. The first-order chi connectivity index (χ1) is 8.97. The van der Waals surface area contributed by atoms with Gasteiger partial charge in [0.2, 0.25) is 0 Å². The summed E-state index contributed by atoms with van der Waals surface area (Å²) in [5, 5.41) is 16.7. The normalized spacial score (nSPS) is 10.5. The number of carbonyl (C=O) groups excluding carboxylic acids is 1. The van der Waals surface area contributed by atoms with Crippen LogP contribution in [0.2, 0.25) is 0 Å². The molecule has 2 aromatic rings. The van der Waals surface area contributed by atoms with Crippen molar-refractivity contribution in [1.29, 1.82) is 0 Å². The van der Waals surface area contributed by atoms with Crippen LogP contribution >= 0.6 is 0 Å². The van der Waals surface area contributed by atoms with Gasteiger partial charge in [-0.05, 0) is 31.5 Å². The Bertz CT molecular complexity index is 617. The predicted octanol–water partition coefficient (Wildman–Crippen LogP) is 1.67.